The van der Waals surface area contributed by atoms with E-state index in [1.807, 2.05) is 11.5 Å². The number of thioether (sulfide) groups is 2. The molecule has 2 heterocycles. The molecule has 31 heavy (non-hydrogen) atoms. The average Bonchev–Trinajstić information content (AvgIpc) is 3.24. The van der Waals surface area contributed by atoms with Crippen molar-refractivity contribution in [2.45, 2.75) is 4.90 Å². The lowest BCUT2D eigenvalue weighted by molar-refractivity contribution is -0.127. The van der Waals surface area contributed by atoms with Gasteiger partial charge in [0.2, 0.25) is 5.91 Å². The molecule has 4 rings (SSSR count). The van der Waals surface area contributed by atoms with Crippen LogP contribution < -0.4 is 5.32 Å². The van der Waals surface area contributed by atoms with Gasteiger partial charge in [-0.25, -0.2) is 4.98 Å². The maximum Gasteiger partial charge on any atom is 0.294 e. The van der Waals surface area contributed by atoms with Crippen LogP contribution in [0.4, 0.5) is 9.93 Å². The number of anilines is 1. The van der Waals surface area contributed by atoms with Crippen molar-refractivity contribution in [3.05, 3.63) is 58.0 Å². The van der Waals surface area contributed by atoms with Crippen LogP contribution >= 0.6 is 46.5 Å². The van der Waals surface area contributed by atoms with E-state index in [-0.39, 0.29) is 4.91 Å². The number of carbonyl (C=O) groups is 3. The van der Waals surface area contributed by atoms with Crippen LogP contribution in [0.5, 0.6) is 0 Å². The Morgan fingerprint density at radius 2 is 2.10 bits per heavy atom. The fourth-order valence-corrected chi connectivity index (χ4v) is 5.18. The summed E-state index contributed by atoms with van der Waals surface area (Å²) in [5.74, 6) is -1.08. The predicted molar refractivity (Wildman–Crippen MR) is 124 cm³/mol. The van der Waals surface area contributed by atoms with Gasteiger partial charge < -0.3 is 5.32 Å². The summed E-state index contributed by atoms with van der Waals surface area (Å²) < 4.78 is 0.810. The number of thiocyanates is 1. The second kappa shape index (κ2) is 9.11. The first-order valence-electron chi connectivity index (χ1n) is 8.71. The third kappa shape index (κ3) is 4.75. The molecule has 1 fully saturated rings. The Morgan fingerprint density at radius 1 is 1.29 bits per heavy atom. The Hall–Kier alpha value is -2.84. The number of aromatic nitrogens is 1. The highest BCUT2D eigenvalue weighted by Crippen LogP contribution is 2.34. The van der Waals surface area contributed by atoms with Gasteiger partial charge in [-0.1, -0.05) is 41.1 Å². The zero-order chi connectivity index (χ0) is 22.0. The van der Waals surface area contributed by atoms with Crippen LogP contribution in [0.25, 0.3) is 16.3 Å². The van der Waals surface area contributed by atoms with Crippen LogP contribution in [0.2, 0.25) is 5.02 Å². The van der Waals surface area contributed by atoms with E-state index in [4.69, 9.17) is 16.9 Å². The fourth-order valence-electron chi connectivity index (χ4n) is 2.75. The van der Waals surface area contributed by atoms with E-state index in [2.05, 4.69) is 10.3 Å². The molecule has 0 unspecified atom stereocenters. The molecule has 11 heteroatoms. The number of halogens is 1. The topological polar surface area (TPSA) is 103 Å². The summed E-state index contributed by atoms with van der Waals surface area (Å²) in [7, 11) is 0. The minimum atomic E-state index is -0.549. The predicted octanol–water partition coefficient (Wildman–Crippen LogP) is 5.20. The van der Waals surface area contributed by atoms with Crippen molar-refractivity contribution >= 4 is 84.9 Å². The molecule has 2 aromatic carbocycles. The van der Waals surface area contributed by atoms with E-state index < -0.39 is 23.6 Å². The summed E-state index contributed by atoms with van der Waals surface area (Å²) in [6.07, 6.45) is 1.54. The lowest BCUT2D eigenvalue weighted by Gasteiger charge is -2.11. The van der Waals surface area contributed by atoms with Crippen molar-refractivity contribution in [2.24, 2.45) is 0 Å². The number of benzene rings is 2. The second-order valence-electron chi connectivity index (χ2n) is 6.18. The molecular weight excluding hydrogens is 476 g/mol. The van der Waals surface area contributed by atoms with E-state index in [0.717, 1.165) is 38.0 Å². The number of rotatable bonds is 5. The van der Waals surface area contributed by atoms with E-state index in [9.17, 15) is 14.4 Å². The number of hydrogen-bond donors (Lipinski definition) is 1. The quantitative estimate of drug-likeness (QED) is 0.300. The highest BCUT2D eigenvalue weighted by Gasteiger charge is 2.36. The molecule has 1 N–H and O–H groups in total. The monoisotopic (exact) mass is 486 g/mol. The van der Waals surface area contributed by atoms with Gasteiger partial charge in [-0.15, -0.1) is 0 Å². The van der Waals surface area contributed by atoms with Crippen LogP contribution in [0, 0.1) is 10.7 Å². The molecule has 3 amide bonds. The number of fused-ring (bicyclic) bond motifs is 1. The van der Waals surface area contributed by atoms with Crippen LogP contribution in [0.15, 0.2) is 52.3 Å². The largest absolute Gasteiger partial charge is 0.300 e. The minimum Gasteiger partial charge on any atom is -0.300 e. The number of thiazole rings is 1. The summed E-state index contributed by atoms with van der Waals surface area (Å²) in [5.41, 5.74) is 1.29. The molecule has 1 aromatic heterocycles. The number of imide groups is 1. The van der Waals surface area contributed by atoms with Crippen LogP contribution in [-0.2, 0) is 9.59 Å². The average molecular weight is 487 g/mol. The van der Waals surface area contributed by atoms with Gasteiger partial charge in [-0.2, -0.15) is 5.26 Å². The van der Waals surface area contributed by atoms with Crippen molar-refractivity contribution in [1.29, 1.82) is 5.26 Å². The molecule has 0 saturated carbocycles. The van der Waals surface area contributed by atoms with Crippen molar-refractivity contribution in [1.82, 2.24) is 9.88 Å². The maximum absolute atomic E-state index is 12.6. The minimum absolute atomic E-state index is 0.202. The third-order valence-corrected chi connectivity index (χ3v) is 6.90. The zero-order valence-corrected chi connectivity index (χ0v) is 18.7. The van der Waals surface area contributed by atoms with E-state index >= 15 is 0 Å². The summed E-state index contributed by atoms with van der Waals surface area (Å²) in [5, 5.41) is 13.7. The Morgan fingerprint density at radius 3 is 2.87 bits per heavy atom. The van der Waals surface area contributed by atoms with Gasteiger partial charge in [0.15, 0.2) is 5.13 Å². The van der Waals surface area contributed by atoms with E-state index in [0.29, 0.717) is 21.2 Å². The van der Waals surface area contributed by atoms with Gasteiger partial charge in [-0.05, 0) is 59.4 Å². The summed E-state index contributed by atoms with van der Waals surface area (Å²) >= 11 is 9.15. The molecule has 0 bridgehead atoms. The standard InChI is InChI=1S/C20H11ClN4O3S3/c21-13-4-2-1-3-11(13)7-16-18(27)25(20(28)31-16)9-17(26)24-19-23-14-6-5-12(29-10-22)8-15(14)30-19/h1-8H,9H2,(H,23,24,26)/b16-7+. The second-order valence-corrected chi connectivity index (χ2v) is 9.47. The molecule has 0 aliphatic carbocycles. The van der Waals surface area contributed by atoms with Crippen LogP contribution in [-0.4, -0.2) is 33.5 Å². The van der Waals surface area contributed by atoms with E-state index in [1.54, 1.807) is 36.4 Å². The van der Waals surface area contributed by atoms with Crippen LogP contribution in [0.3, 0.4) is 0 Å². The summed E-state index contributed by atoms with van der Waals surface area (Å²) in [6.45, 7) is -0.421. The molecule has 7 nitrogen and oxygen atoms in total. The van der Waals surface area contributed by atoms with Crippen molar-refractivity contribution in [2.75, 3.05) is 11.9 Å². The summed E-state index contributed by atoms with van der Waals surface area (Å²) in [4.78, 5) is 43.5. The third-order valence-electron chi connectivity index (χ3n) is 4.14. The SMILES string of the molecule is N#CSc1ccc2nc(NC(=O)CN3C(=O)S/C(=C/c4ccccc4Cl)C3=O)sc2c1. The van der Waals surface area contributed by atoms with Gasteiger partial charge in [0.25, 0.3) is 11.1 Å². The number of nitriles is 1. The zero-order valence-electron chi connectivity index (χ0n) is 15.5. The smallest absolute Gasteiger partial charge is 0.294 e. The normalized spacial score (nSPS) is 15.0. The highest BCUT2D eigenvalue weighted by molar-refractivity contribution is 8.18. The van der Waals surface area contributed by atoms with Gasteiger partial charge in [0.05, 0.1) is 15.1 Å². The van der Waals surface area contributed by atoms with Gasteiger partial charge in [-0.3, -0.25) is 19.3 Å². The molecule has 1 aliphatic rings. The molecule has 154 valence electrons. The first kappa shape index (κ1) is 21.4. The number of hydrogen-bond acceptors (Lipinski definition) is 8. The molecule has 1 saturated heterocycles. The molecule has 3 aromatic rings. The van der Waals surface area contributed by atoms with Crippen molar-refractivity contribution < 1.29 is 14.4 Å². The number of amides is 3. The maximum atomic E-state index is 12.6. The summed E-state index contributed by atoms with van der Waals surface area (Å²) in [6, 6.07) is 12.3. The van der Waals surface area contributed by atoms with Crippen molar-refractivity contribution in [3.63, 3.8) is 0 Å². The molecular formula is C20H11ClN4O3S3. The molecule has 0 radical (unpaired) electrons. The van der Waals surface area contributed by atoms with Gasteiger partial charge >= 0.3 is 0 Å². The first-order chi connectivity index (χ1) is 14.9. The Labute approximate surface area is 194 Å². The van der Waals surface area contributed by atoms with Crippen molar-refractivity contribution in [3.8, 4) is 5.40 Å². The Bertz CT molecular complexity index is 1300. The van der Waals surface area contributed by atoms with Gasteiger partial charge in [0.1, 0.15) is 11.9 Å². The lowest BCUT2D eigenvalue weighted by Crippen LogP contribution is -2.36. The van der Waals surface area contributed by atoms with E-state index in [1.165, 1.54) is 17.4 Å². The van der Waals surface area contributed by atoms with Gasteiger partial charge in [0, 0.05) is 9.92 Å². The fraction of sp³-hybridized carbons (Fsp3) is 0.0500. The molecule has 0 atom stereocenters. The van der Waals surface area contributed by atoms with Crippen LogP contribution in [0.1, 0.15) is 5.56 Å². The first-order valence-corrected chi connectivity index (χ1v) is 11.5. The lowest BCUT2D eigenvalue weighted by atomic mass is 10.2. The Balaban J connectivity index is 1.45. The highest BCUT2D eigenvalue weighted by atomic mass is 35.5. The molecule has 0 spiro atoms. The number of nitrogens with zero attached hydrogens (tertiary/aromatic N) is 3. The molecule has 1 aliphatic heterocycles. The Kier molecular flexibility index (Phi) is 6.29. The number of carbonyl (C=O) groups excluding carboxylic acids is 3. The number of nitrogens with one attached hydrogen (secondary N) is 1.